The highest BCUT2D eigenvalue weighted by Crippen LogP contribution is 2.32. The Morgan fingerprint density at radius 3 is 2.73 bits per heavy atom. The van der Waals surface area contributed by atoms with Gasteiger partial charge < -0.3 is 20.1 Å². The van der Waals surface area contributed by atoms with Gasteiger partial charge in [0.1, 0.15) is 5.75 Å². The summed E-state index contributed by atoms with van der Waals surface area (Å²) in [6.07, 6.45) is -0.933. The van der Waals surface area contributed by atoms with Crippen molar-refractivity contribution in [2.24, 2.45) is 0 Å². The zero-order valence-corrected chi connectivity index (χ0v) is 17.5. The molecule has 1 atom stereocenters. The Kier molecular flexibility index (Phi) is 6.23. The van der Waals surface area contributed by atoms with Gasteiger partial charge >= 0.3 is 6.36 Å². The first-order valence-electron chi connectivity index (χ1n) is 10.3. The van der Waals surface area contributed by atoms with Crippen LogP contribution in [0.25, 0.3) is 16.7 Å². The van der Waals surface area contributed by atoms with Crippen LogP contribution in [0.4, 0.5) is 18.9 Å². The van der Waals surface area contributed by atoms with Gasteiger partial charge in [0, 0.05) is 19.3 Å². The molecule has 3 aromatic rings. The molecule has 1 aromatic carbocycles. The van der Waals surface area contributed by atoms with Gasteiger partial charge in [-0.25, -0.2) is 9.67 Å². The molecule has 1 saturated heterocycles. The van der Waals surface area contributed by atoms with E-state index < -0.39 is 12.5 Å². The number of β-amino-alcohol motifs (C(OH)–C–C–N with tert-alkyl or cyclic N) is 1. The molecule has 4 rings (SSSR count). The number of alkyl halides is 3. The summed E-state index contributed by atoms with van der Waals surface area (Å²) in [5.74, 6) is -0.720. The van der Waals surface area contributed by atoms with E-state index in [0.29, 0.717) is 29.0 Å². The summed E-state index contributed by atoms with van der Waals surface area (Å²) in [6.45, 7) is 4.73. The van der Waals surface area contributed by atoms with E-state index in [0.717, 1.165) is 31.1 Å². The molecule has 0 bridgehead atoms. The number of carbonyl (C=O) groups excluding carboxylic acids is 1. The van der Waals surface area contributed by atoms with Crippen molar-refractivity contribution < 1.29 is 27.8 Å². The van der Waals surface area contributed by atoms with Crippen LogP contribution in [0.2, 0.25) is 0 Å². The monoisotopic (exact) mass is 461 g/mol. The third-order valence-corrected chi connectivity index (χ3v) is 5.29. The second-order valence-electron chi connectivity index (χ2n) is 7.59. The number of pyridine rings is 1. The molecule has 33 heavy (non-hydrogen) atoms. The van der Waals surface area contributed by atoms with Crippen LogP contribution >= 0.6 is 0 Å². The minimum absolute atomic E-state index is 0.0959. The molecule has 174 valence electrons. The molecule has 1 amide bonds. The van der Waals surface area contributed by atoms with Gasteiger partial charge in [0.2, 0.25) is 5.91 Å². The first-order chi connectivity index (χ1) is 15.7. The molecule has 0 spiro atoms. The van der Waals surface area contributed by atoms with Crippen LogP contribution in [0.5, 0.6) is 5.75 Å². The van der Waals surface area contributed by atoms with Crippen LogP contribution in [0.1, 0.15) is 18.5 Å². The van der Waals surface area contributed by atoms with Gasteiger partial charge in [-0.15, -0.1) is 13.2 Å². The Hall–Kier alpha value is -3.60. The lowest BCUT2D eigenvalue weighted by atomic mass is 10.1. The molecule has 8 nitrogen and oxygen atoms in total. The van der Waals surface area contributed by atoms with Crippen LogP contribution in [0, 0.1) is 0 Å². The van der Waals surface area contributed by atoms with Crippen molar-refractivity contribution in [1.29, 1.82) is 0 Å². The van der Waals surface area contributed by atoms with Gasteiger partial charge in [-0.1, -0.05) is 6.58 Å². The highest BCUT2D eigenvalue weighted by molar-refractivity contribution is 5.93. The number of amides is 1. The van der Waals surface area contributed by atoms with Gasteiger partial charge in [-0.2, -0.15) is 5.10 Å². The lowest BCUT2D eigenvalue weighted by Gasteiger charge is -2.32. The Bertz CT molecular complexity index is 1160. The number of benzene rings is 1. The minimum atomic E-state index is -4.79. The van der Waals surface area contributed by atoms with Crippen molar-refractivity contribution in [3.63, 3.8) is 0 Å². The maximum atomic E-state index is 12.5. The Labute approximate surface area is 187 Å². The van der Waals surface area contributed by atoms with Crippen molar-refractivity contribution in [2.75, 3.05) is 18.0 Å². The van der Waals surface area contributed by atoms with Crippen LogP contribution in [-0.4, -0.2) is 51.3 Å². The van der Waals surface area contributed by atoms with Crippen molar-refractivity contribution in [2.45, 2.75) is 31.9 Å². The number of aromatic nitrogens is 3. The number of nitrogens with zero attached hydrogens (tertiary/aromatic N) is 4. The number of nitrogens with one attached hydrogen (secondary N) is 1. The van der Waals surface area contributed by atoms with E-state index in [-0.39, 0.29) is 18.2 Å². The Balaban J connectivity index is 1.77. The quantitative estimate of drug-likeness (QED) is 0.548. The fourth-order valence-corrected chi connectivity index (χ4v) is 3.87. The number of aliphatic hydroxyl groups is 1. The first-order valence-corrected chi connectivity index (χ1v) is 10.3. The summed E-state index contributed by atoms with van der Waals surface area (Å²) in [5.41, 5.74) is 2.28. The average Bonchev–Trinajstić information content (AvgIpc) is 3.16. The smallest absolute Gasteiger partial charge is 0.406 e. The van der Waals surface area contributed by atoms with Crippen LogP contribution in [0.15, 0.2) is 49.2 Å². The first kappa shape index (κ1) is 22.6. The van der Waals surface area contributed by atoms with Gasteiger partial charge in [0.05, 0.1) is 35.1 Å². The largest absolute Gasteiger partial charge is 0.573 e. The van der Waals surface area contributed by atoms with Gasteiger partial charge in [0.25, 0.3) is 0 Å². The molecule has 11 heteroatoms. The molecule has 0 saturated carbocycles. The molecule has 1 fully saturated rings. The summed E-state index contributed by atoms with van der Waals surface area (Å²) in [4.78, 5) is 18.2. The maximum absolute atomic E-state index is 12.5. The van der Waals surface area contributed by atoms with Gasteiger partial charge in [-0.3, -0.25) is 4.79 Å². The number of rotatable bonds is 6. The fraction of sp³-hybridized carbons (Fsp3) is 0.318. The maximum Gasteiger partial charge on any atom is 0.573 e. The number of ether oxygens (including phenoxy) is 1. The lowest BCUT2D eigenvalue weighted by Crippen LogP contribution is -2.38. The van der Waals surface area contributed by atoms with Crippen molar-refractivity contribution in [3.05, 3.63) is 54.9 Å². The fourth-order valence-electron chi connectivity index (χ4n) is 3.87. The zero-order chi connectivity index (χ0) is 23.6. The van der Waals surface area contributed by atoms with E-state index in [2.05, 4.69) is 26.7 Å². The Morgan fingerprint density at radius 1 is 1.30 bits per heavy atom. The van der Waals surface area contributed by atoms with E-state index in [4.69, 9.17) is 0 Å². The number of piperidine rings is 1. The topological polar surface area (TPSA) is 92.5 Å². The summed E-state index contributed by atoms with van der Waals surface area (Å²) < 4.78 is 42.9. The molecule has 2 N–H and O–H groups in total. The number of hydrogen-bond acceptors (Lipinski definition) is 6. The van der Waals surface area contributed by atoms with Gasteiger partial charge in [-0.05, 0) is 49.2 Å². The second-order valence-corrected chi connectivity index (χ2v) is 7.59. The van der Waals surface area contributed by atoms with Crippen molar-refractivity contribution >= 4 is 22.6 Å². The summed E-state index contributed by atoms with van der Waals surface area (Å²) in [7, 11) is 0. The van der Waals surface area contributed by atoms with Crippen LogP contribution in [-0.2, 0) is 11.3 Å². The number of anilines is 1. The SMILES string of the molecule is C=CC(=O)NCc1nn(-c2ccc(OC(F)(F)F)cc2)c2nccc(N3CCC[C@@H](O)C3)c12. The standard InChI is InChI=1S/C22H22F3N5O3/c1-2-19(32)27-12-17-20-18(29-11-3-4-15(31)13-29)9-10-26-21(20)30(28-17)14-5-7-16(8-6-14)33-22(23,24)25/h2,5-10,15,31H,1,3-4,11-13H2,(H,27,32)/t15-/m1/s1. The van der Waals surface area contributed by atoms with E-state index in [1.54, 1.807) is 6.20 Å². The summed E-state index contributed by atoms with van der Waals surface area (Å²) in [5, 5.41) is 18.1. The van der Waals surface area contributed by atoms with E-state index in [9.17, 15) is 23.1 Å². The lowest BCUT2D eigenvalue weighted by molar-refractivity contribution is -0.274. The number of carbonyl (C=O) groups is 1. The highest BCUT2D eigenvalue weighted by Gasteiger charge is 2.31. The van der Waals surface area contributed by atoms with E-state index in [1.165, 1.54) is 28.9 Å². The molecule has 1 aliphatic rings. The third kappa shape index (κ3) is 5.08. The number of fused-ring (bicyclic) bond motifs is 1. The highest BCUT2D eigenvalue weighted by atomic mass is 19.4. The number of aliphatic hydroxyl groups excluding tert-OH is 1. The molecule has 3 heterocycles. The number of hydrogen-bond donors (Lipinski definition) is 2. The van der Waals surface area contributed by atoms with Crippen molar-refractivity contribution in [3.8, 4) is 11.4 Å². The summed E-state index contributed by atoms with van der Waals surface area (Å²) >= 11 is 0. The normalized spacial score (nSPS) is 16.6. The minimum Gasteiger partial charge on any atom is -0.406 e. The summed E-state index contributed by atoms with van der Waals surface area (Å²) in [6, 6.07) is 7.10. The van der Waals surface area contributed by atoms with Crippen molar-refractivity contribution in [1.82, 2.24) is 20.1 Å². The average molecular weight is 461 g/mol. The molecular weight excluding hydrogens is 439 g/mol. The molecule has 0 aliphatic carbocycles. The van der Waals surface area contributed by atoms with Crippen LogP contribution in [0.3, 0.4) is 0 Å². The molecule has 2 aromatic heterocycles. The Morgan fingerprint density at radius 2 is 2.06 bits per heavy atom. The van der Waals surface area contributed by atoms with E-state index in [1.807, 2.05) is 11.0 Å². The zero-order valence-electron chi connectivity index (χ0n) is 17.5. The molecular formula is C22H22F3N5O3. The second kappa shape index (κ2) is 9.10. The predicted octanol–water partition coefficient (Wildman–Crippen LogP) is 3.08. The third-order valence-electron chi connectivity index (χ3n) is 5.29. The predicted molar refractivity (Wildman–Crippen MR) is 115 cm³/mol. The van der Waals surface area contributed by atoms with Crippen LogP contribution < -0.4 is 15.0 Å². The molecule has 0 unspecified atom stereocenters. The molecule has 0 radical (unpaired) electrons. The van der Waals surface area contributed by atoms with E-state index >= 15 is 0 Å². The molecule has 1 aliphatic heterocycles. The van der Waals surface area contributed by atoms with Gasteiger partial charge in [0.15, 0.2) is 5.65 Å². The number of halogens is 3.